The summed E-state index contributed by atoms with van der Waals surface area (Å²) in [4.78, 5) is 22.3. The third kappa shape index (κ3) is 2.69. The van der Waals surface area contributed by atoms with Gasteiger partial charge in [-0.2, -0.15) is 0 Å². The van der Waals surface area contributed by atoms with E-state index in [-0.39, 0.29) is 11.8 Å². The molecule has 0 spiro atoms. The maximum atomic E-state index is 11.4. The van der Waals surface area contributed by atoms with Gasteiger partial charge in [-0.25, -0.2) is 14.8 Å². The second-order valence-electron chi connectivity index (χ2n) is 5.62. The fourth-order valence-corrected chi connectivity index (χ4v) is 2.56. The molecule has 1 N–H and O–H groups in total. The second-order valence-corrected chi connectivity index (χ2v) is 5.62. The number of aryl methyl sites for hydroxylation is 1. The van der Waals surface area contributed by atoms with Crippen LogP contribution in [0.25, 0.3) is 0 Å². The van der Waals surface area contributed by atoms with Crippen molar-refractivity contribution in [2.45, 2.75) is 46.1 Å². The molecule has 5 heteroatoms. The first-order valence-electron chi connectivity index (χ1n) is 6.75. The van der Waals surface area contributed by atoms with Gasteiger partial charge in [-0.15, -0.1) is 0 Å². The summed E-state index contributed by atoms with van der Waals surface area (Å²) in [5, 5.41) is 9.38. The summed E-state index contributed by atoms with van der Waals surface area (Å²) in [7, 11) is 0. The van der Waals surface area contributed by atoms with Crippen molar-refractivity contribution < 1.29 is 9.90 Å². The van der Waals surface area contributed by atoms with E-state index in [9.17, 15) is 9.90 Å². The van der Waals surface area contributed by atoms with Gasteiger partial charge in [0.25, 0.3) is 0 Å². The normalized spacial score (nSPS) is 23.1. The Morgan fingerprint density at radius 3 is 2.74 bits per heavy atom. The molecule has 2 unspecified atom stereocenters. The van der Waals surface area contributed by atoms with Crippen LogP contribution in [0.15, 0.2) is 6.07 Å². The van der Waals surface area contributed by atoms with Gasteiger partial charge in [0, 0.05) is 24.2 Å². The molecule has 0 aliphatic carbocycles. The minimum Gasteiger partial charge on any atom is -0.480 e. The quantitative estimate of drug-likeness (QED) is 0.905. The molecule has 1 aromatic heterocycles. The fraction of sp³-hybridized carbons (Fsp3) is 0.643. The zero-order valence-electron chi connectivity index (χ0n) is 11.9. The van der Waals surface area contributed by atoms with Gasteiger partial charge in [0.1, 0.15) is 17.7 Å². The molecule has 19 heavy (non-hydrogen) atoms. The number of hydrogen-bond donors (Lipinski definition) is 1. The Labute approximate surface area is 113 Å². The number of carboxylic acids is 1. The molecule has 2 heterocycles. The van der Waals surface area contributed by atoms with E-state index in [1.165, 1.54) is 0 Å². The molecule has 5 nitrogen and oxygen atoms in total. The first kappa shape index (κ1) is 13.8. The molecule has 1 saturated heterocycles. The average Bonchev–Trinajstić information content (AvgIpc) is 2.70. The Morgan fingerprint density at radius 1 is 1.47 bits per heavy atom. The summed E-state index contributed by atoms with van der Waals surface area (Å²) in [6.45, 7) is 8.73. The van der Waals surface area contributed by atoms with Gasteiger partial charge in [-0.3, -0.25) is 0 Å². The van der Waals surface area contributed by atoms with Crippen LogP contribution in [-0.2, 0) is 4.79 Å². The number of anilines is 1. The van der Waals surface area contributed by atoms with Crippen molar-refractivity contribution in [3.8, 4) is 0 Å². The molecule has 104 valence electrons. The summed E-state index contributed by atoms with van der Waals surface area (Å²) >= 11 is 0. The van der Waals surface area contributed by atoms with Crippen molar-refractivity contribution in [1.29, 1.82) is 0 Å². The van der Waals surface area contributed by atoms with Crippen LogP contribution in [-0.4, -0.2) is 33.6 Å². The van der Waals surface area contributed by atoms with E-state index in [1.54, 1.807) is 0 Å². The van der Waals surface area contributed by atoms with Crippen LogP contribution in [0.2, 0.25) is 0 Å². The zero-order chi connectivity index (χ0) is 14.2. The predicted octanol–water partition coefficient (Wildman–Crippen LogP) is 2.21. The molecule has 1 aliphatic rings. The molecule has 1 fully saturated rings. The number of carbonyl (C=O) groups is 1. The minimum atomic E-state index is -0.771. The predicted molar refractivity (Wildman–Crippen MR) is 73.4 cm³/mol. The standard InChI is InChI=1S/C14H21N3O2/c1-8(2)13-15-10(4)7-11(16-13)17-6-5-9(3)12(17)14(18)19/h7-9,12H,5-6H2,1-4H3,(H,18,19). The van der Waals surface area contributed by atoms with E-state index < -0.39 is 12.0 Å². The Morgan fingerprint density at radius 2 is 2.16 bits per heavy atom. The lowest BCUT2D eigenvalue weighted by Gasteiger charge is -2.25. The van der Waals surface area contributed by atoms with E-state index in [0.29, 0.717) is 0 Å². The van der Waals surface area contributed by atoms with Crippen LogP contribution in [0.4, 0.5) is 5.82 Å². The lowest BCUT2D eigenvalue weighted by Crippen LogP contribution is -2.39. The summed E-state index contributed by atoms with van der Waals surface area (Å²) in [5.41, 5.74) is 0.886. The molecule has 0 saturated carbocycles. The molecule has 2 rings (SSSR count). The molecular formula is C14H21N3O2. The SMILES string of the molecule is Cc1cc(N2CCC(C)C2C(=O)O)nc(C(C)C)n1. The van der Waals surface area contributed by atoms with E-state index in [1.807, 2.05) is 38.7 Å². The smallest absolute Gasteiger partial charge is 0.326 e. The van der Waals surface area contributed by atoms with Gasteiger partial charge in [-0.1, -0.05) is 20.8 Å². The lowest BCUT2D eigenvalue weighted by atomic mass is 10.0. The number of aliphatic carboxylic acids is 1. The molecule has 0 bridgehead atoms. The van der Waals surface area contributed by atoms with Gasteiger partial charge in [0.15, 0.2) is 0 Å². The molecule has 0 aromatic carbocycles. The highest BCUT2D eigenvalue weighted by atomic mass is 16.4. The van der Waals surface area contributed by atoms with Crippen LogP contribution >= 0.6 is 0 Å². The lowest BCUT2D eigenvalue weighted by molar-refractivity contribution is -0.139. The largest absolute Gasteiger partial charge is 0.480 e. The van der Waals surface area contributed by atoms with Crippen LogP contribution in [0.5, 0.6) is 0 Å². The van der Waals surface area contributed by atoms with Crippen LogP contribution in [0.3, 0.4) is 0 Å². The molecule has 0 amide bonds. The summed E-state index contributed by atoms with van der Waals surface area (Å²) in [5.74, 6) is 1.14. The van der Waals surface area contributed by atoms with Gasteiger partial charge < -0.3 is 10.0 Å². The molecule has 1 aromatic rings. The maximum Gasteiger partial charge on any atom is 0.326 e. The van der Waals surface area contributed by atoms with Crippen LogP contribution in [0, 0.1) is 12.8 Å². The van der Waals surface area contributed by atoms with Crippen molar-refractivity contribution in [3.63, 3.8) is 0 Å². The number of aromatic nitrogens is 2. The molecular weight excluding hydrogens is 242 g/mol. The number of rotatable bonds is 3. The summed E-state index contributed by atoms with van der Waals surface area (Å²) in [6, 6.07) is 1.40. The van der Waals surface area contributed by atoms with E-state index in [0.717, 1.165) is 30.3 Å². The van der Waals surface area contributed by atoms with Crippen LogP contribution in [0.1, 0.15) is 44.6 Å². The summed E-state index contributed by atoms with van der Waals surface area (Å²) < 4.78 is 0. The fourth-order valence-electron chi connectivity index (χ4n) is 2.56. The minimum absolute atomic E-state index is 0.148. The van der Waals surface area contributed by atoms with E-state index in [2.05, 4.69) is 9.97 Å². The highest BCUT2D eigenvalue weighted by Crippen LogP contribution is 2.29. The Kier molecular flexibility index (Phi) is 3.73. The van der Waals surface area contributed by atoms with Crippen molar-refractivity contribution >= 4 is 11.8 Å². The molecule has 1 aliphatic heterocycles. The Hall–Kier alpha value is -1.65. The number of hydrogen-bond acceptors (Lipinski definition) is 4. The van der Waals surface area contributed by atoms with Gasteiger partial charge >= 0.3 is 5.97 Å². The van der Waals surface area contributed by atoms with E-state index >= 15 is 0 Å². The maximum absolute atomic E-state index is 11.4. The van der Waals surface area contributed by atoms with Gasteiger partial charge in [-0.05, 0) is 19.3 Å². The number of nitrogens with zero attached hydrogens (tertiary/aromatic N) is 3. The van der Waals surface area contributed by atoms with Crippen LogP contribution < -0.4 is 4.90 Å². The molecule has 2 atom stereocenters. The summed E-state index contributed by atoms with van der Waals surface area (Å²) in [6.07, 6.45) is 0.886. The Bertz CT molecular complexity index is 488. The third-order valence-electron chi connectivity index (χ3n) is 3.62. The Balaban J connectivity index is 2.38. The van der Waals surface area contributed by atoms with E-state index in [4.69, 9.17) is 0 Å². The highest BCUT2D eigenvalue weighted by molar-refractivity contribution is 5.79. The van der Waals surface area contributed by atoms with Crippen molar-refractivity contribution in [2.24, 2.45) is 5.92 Å². The van der Waals surface area contributed by atoms with Crippen molar-refractivity contribution in [3.05, 3.63) is 17.6 Å². The average molecular weight is 263 g/mol. The first-order chi connectivity index (χ1) is 8.90. The third-order valence-corrected chi connectivity index (χ3v) is 3.62. The second kappa shape index (κ2) is 5.15. The zero-order valence-corrected chi connectivity index (χ0v) is 11.9. The molecule has 0 radical (unpaired) electrons. The highest BCUT2D eigenvalue weighted by Gasteiger charge is 2.37. The van der Waals surface area contributed by atoms with Gasteiger partial charge in [0.05, 0.1) is 0 Å². The van der Waals surface area contributed by atoms with Crippen molar-refractivity contribution in [1.82, 2.24) is 9.97 Å². The topological polar surface area (TPSA) is 66.3 Å². The number of carboxylic acid groups (broad SMARTS) is 1. The monoisotopic (exact) mass is 263 g/mol. The van der Waals surface area contributed by atoms with Crippen molar-refractivity contribution in [2.75, 3.05) is 11.4 Å². The van der Waals surface area contributed by atoms with Gasteiger partial charge in [0.2, 0.25) is 0 Å². The first-order valence-corrected chi connectivity index (χ1v) is 6.75.